The number of hydrogen-bond acceptors (Lipinski definition) is 4. The number of aromatic nitrogens is 1. The van der Waals surface area contributed by atoms with E-state index in [1.54, 1.807) is 6.20 Å². The first kappa shape index (κ1) is 13.3. The summed E-state index contributed by atoms with van der Waals surface area (Å²) >= 11 is 0. The first-order chi connectivity index (χ1) is 8.74. The van der Waals surface area contributed by atoms with E-state index in [4.69, 9.17) is 5.11 Å². The molecule has 1 aliphatic heterocycles. The molecule has 1 fully saturated rings. The average molecular weight is 249 g/mol. The van der Waals surface area contributed by atoms with Gasteiger partial charge in [0.1, 0.15) is 5.82 Å². The molecule has 0 unspecified atom stereocenters. The second kappa shape index (κ2) is 6.16. The van der Waals surface area contributed by atoms with E-state index in [-0.39, 0.29) is 6.61 Å². The maximum atomic E-state index is 9.10. The Balaban J connectivity index is 2.01. The number of piperazine rings is 1. The molecule has 0 bridgehead atoms. The van der Waals surface area contributed by atoms with Crippen molar-refractivity contribution in [3.05, 3.63) is 23.4 Å². The standard InChI is InChI=1S/C14H23N3O/c1-3-4-16-5-7-17(8-6-16)14-12(2)9-13(11-18)10-15-14/h9-10,18H,3-8,11H2,1-2H3. The van der Waals surface area contributed by atoms with Crippen LogP contribution >= 0.6 is 0 Å². The molecule has 2 rings (SSSR count). The Bertz CT molecular complexity index is 387. The van der Waals surface area contributed by atoms with Crippen molar-refractivity contribution in [1.82, 2.24) is 9.88 Å². The Morgan fingerprint density at radius 2 is 2.00 bits per heavy atom. The molecule has 1 aliphatic rings. The van der Waals surface area contributed by atoms with Gasteiger partial charge in [-0.25, -0.2) is 4.98 Å². The first-order valence-corrected chi connectivity index (χ1v) is 6.78. The van der Waals surface area contributed by atoms with E-state index in [9.17, 15) is 0 Å². The second-order valence-corrected chi connectivity index (χ2v) is 4.97. The van der Waals surface area contributed by atoms with E-state index >= 15 is 0 Å². The van der Waals surface area contributed by atoms with Gasteiger partial charge in [0.25, 0.3) is 0 Å². The van der Waals surface area contributed by atoms with Crippen molar-refractivity contribution in [1.29, 1.82) is 0 Å². The van der Waals surface area contributed by atoms with Crippen LogP contribution in [0.1, 0.15) is 24.5 Å². The van der Waals surface area contributed by atoms with Crippen molar-refractivity contribution in [2.24, 2.45) is 0 Å². The van der Waals surface area contributed by atoms with Crippen LogP contribution in [0.15, 0.2) is 12.3 Å². The van der Waals surface area contributed by atoms with E-state index in [1.807, 2.05) is 6.07 Å². The molecule has 18 heavy (non-hydrogen) atoms. The lowest BCUT2D eigenvalue weighted by Crippen LogP contribution is -2.47. The molecule has 100 valence electrons. The third kappa shape index (κ3) is 3.00. The molecule has 1 N–H and O–H groups in total. The zero-order valence-corrected chi connectivity index (χ0v) is 11.4. The molecular formula is C14H23N3O. The minimum Gasteiger partial charge on any atom is -0.392 e. The van der Waals surface area contributed by atoms with Gasteiger partial charge in [-0.05, 0) is 37.1 Å². The number of hydrogen-bond donors (Lipinski definition) is 1. The topological polar surface area (TPSA) is 39.6 Å². The summed E-state index contributed by atoms with van der Waals surface area (Å²) in [6.07, 6.45) is 3.00. The number of anilines is 1. The number of aliphatic hydroxyl groups is 1. The third-order valence-electron chi connectivity index (χ3n) is 3.50. The number of aliphatic hydroxyl groups excluding tert-OH is 1. The normalized spacial score (nSPS) is 17.2. The highest BCUT2D eigenvalue weighted by molar-refractivity contribution is 5.47. The monoisotopic (exact) mass is 249 g/mol. The Morgan fingerprint density at radius 3 is 2.56 bits per heavy atom. The predicted molar refractivity (Wildman–Crippen MR) is 73.8 cm³/mol. The first-order valence-electron chi connectivity index (χ1n) is 6.78. The fraction of sp³-hybridized carbons (Fsp3) is 0.643. The van der Waals surface area contributed by atoms with Gasteiger partial charge in [0.15, 0.2) is 0 Å². The number of nitrogens with zero attached hydrogens (tertiary/aromatic N) is 3. The van der Waals surface area contributed by atoms with Gasteiger partial charge in [0.05, 0.1) is 6.61 Å². The minimum atomic E-state index is 0.0679. The zero-order chi connectivity index (χ0) is 13.0. The van der Waals surface area contributed by atoms with Crippen molar-refractivity contribution >= 4 is 5.82 Å². The molecule has 2 heterocycles. The van der Waals surface area contributed by atoms with Crippen LogP contribution in [0.2, 0.25) is 0 Å². The van der Waals surface area contributed by atoms with Crippen molar-refractivity contribution < 1.29 is 5.11 Å². The lowest BCUT2D eigenvalue weighted by Gasteiger charge is -2.35. The summed E-state index contributed by atoms with van der Waals surface area (Å²) in [4.78, 5) is 9.35. The summed E-state index contributed by atoms with van der Waals surface area (Å²) in [5, 5.41) is 9.10. The van der Waals surface area contributed by atoms with Gasteiger partial charge in [0, 0.05) is 32.4 Å². The van der Waals surface area contributed by atoms with E-state index in [1.165, 1.54) is 13.0 Å². The highest BCUT2D eigenvalue weighted by Gasteiger charge is 2.18. The highest BCUT2D eigenvalue weighted by atomic mass is 16.3. The van der Waals surface area contributed by atoms with Gasteiger partial charge < -0.3 is 10.0 Å². The van der Waals surface area contributed by atoms with E-state index in [0.717, 1.165) is 43.1 Å². The van der Waals surface area contributed by atoms with Crippen LogP contribution < -0.4 is 4.90 Å². The summed E-state index contributed by atoms with van der Waals surface area (Å²) in [7, 11) is 0. The zero-order valence-electron chi connectivity index (χ0n) is 11.4. The van der Waals surface area contributed by atoms with Gasteiger partial charge in [-0.1, -0.05) is 6.92 Å². The quantitative estimate of drug-likeness (QED) is 0.876. The van der Waals surface area contributed by atoms with Crippen LogP contribution in [0.25, 0.3) is 0 Å². The molecule has 1 saturated heterocycles. The largest absolute Gasteiger partial charge is 0.392 e. The average Bonchev–Trinajstić information content (AvgIpc) is 2.40. The molecule has 4 nitrogen and oxygen atoms in total. The second-order valence-electron chi connectivity index (χ2n) is 4.97. The summed E-state index contributed by atoms with van der Waals surface area (Å²) in [5.74, 6) is 1.07. The molecule has 0 spiro atoms. The van der Waals surface area contributed by atoms with Crippen molar-refractivity contribution in [2.75, 3.05) is 37.6 Å². The minimum absolute atomic E-state index is 0.0679. The summed E-state index contributed by atoms with van der Waals surface area (Å²) in [6, 6.07) is 2.03. The van der Waals surface area contributed by atoms with Gasteiger partial charge >= 0.3 is 0 Å². The molecule has 0 saturated carbocycles. The Morgan fingerprint density at radius 1 is 1.28 bits per heavy atom. The van der Waals surface area contributed by atoms with Crippen LogP contribution in [-0.2, 0) is 6.61 Å². The van der Waals surface area contributed by atoms with E-state index < -0.39 is 0 Å². The van der Waals surface area contributed by atoms with Crippen LogP contribution in [0, 0.1) is 6.92 Å². The lowest BCUT2D eigenvalue weighted by atomic mass is 10.2. The molecule has 0 aliphatic carbocycles. The summed E-state index contributed by atoms with van der Waals surface area (Å²) in [6.45, 7) is 9.90. The Hall–Kier alpha value is -1.13. The molecule has 0 atom stereocenters. The number of aryl methyl sites for hydroxylation is 1. The SMILES string of the molecule is CCCN1CCN(c2ncc(CO)cc2C)CC1. The summed E-state index contributed by atoms with van der Waals surface area (Å²) < 4.78 is 0. The molecule has 4 heteroatoms. The molecule has 0 aromatic carbocycles. The molecule has 1 aromatic heterocycles. The van der Waals surface area contributed by atoms with Crippen molar-refractivity contribution in [3.63, 3.8) is 0 Å². The molecule has 0 amide bonds. The van der Waals surface area contributed by atoms with Gasteiger partial charge in [0.2, 0.25) is 0 Å². The highest BCUT2D eigenvalue weighted by Crippen LogP contribution is 2.19. The fourth-order valence-corrected chi connectivity index (χ4v) is 2.54. The van der Waals surface area contributed by atoms with Crippen LogP contribution in [0.4, 0.5) is 5.82 Å². The summed E-state index contributed by atoms with van der Waals surface area (Å²) in [5.41, 5.74) is 2.05. The fourth-order valence-electron chi connectivity index (χ4n) is 2.54. The maximum absolute atomic E-state index is 9.10. The lowest BCUT2D eigenvalue weighted by molar-refractivity contribution is 0.257. The Kier molecular flexibility index (Phi) is 4.55. The predicted octanol–water partition coefficient (Wildman–Crippen LogP) is 1.41. The van der Waals surface area contributed by atoms with Crippen LogP contribution in [0.3, 0.4) is 0 Å². The van der Waals surface area contributed by atoms with Crippen molar-refractivity contribution in [2.45, 2.75) is 26.9 Å². The molecular weight excluding hydrogens is 226 g/mol. The van der Waals surface area contributed by atoms with E-state index in [2.05, 4.69) is 28.6 Å². The smallest absolute Gasteiger partial charge is 0.131 e. The van der Waals surface area contributed by atoms with Crippen molar-refractivity contribution in [3.8, 4) is 0 Å². The molecule has 1 aromatic rings. The van der Waals surface area contributed by atoms with E-state index in [0.29, 0.717) is 0 Å². The maximum Gasteiger partial charge on any atom is 0.131 e. The third-order valence-corrected chi connectivity index (χ3v) is 3.50. The number of pyridine rings is 1. The van der Waals surface area contributed by atoms with Gasteiger partial charge in [-0.3, -0.25) is 4.90 Å². The van der Waals surface area contributed by atoms with Crippen LogP contribution in [-0.4, -0.2) is 47.7 Å². The number of rotatable bonds is 4. The Labute approximate surface area is 109 Å². The van der Waals surface area contributed by atoms with Gasteiger partial charge in [-0.15, -0.1) is 0 Å². The van der Waals surface area contributed by atoms with Crippen LogP contribution in [0.5, 0.6) is 0 Å². The molecule has 0 radical (unpaired) electrons. The van der Waals surface area contributed by atoms with Gasteiger partial charge in [-0.2, -0.15) is 0 Å².